The minimum absolute atomic E-state index is 0.0334. The van der Waals surface area contributed by atoms with Gasteiger partial charge in [-0.2, -0.15) is 11.8 Å². The molecule has 0 fully saturated rings. The number of amides is 1. The van der Waals surface area contributed by atoms with Gasteiger partial charge in [0.2, 0.25) is 5.91 Å². The maximum Gasteiger partial charge on any atom is 0.226 e. The quantitative estimate of drug-likeness (QED) is 0.385. The summed E-state index contributed by atoms with van der Waals surface area (Å²) in [6, 6.07) is 14.4. The van der Waals surface area contributed by atoms with E-state index in [0.29, 0.717) is 11.6 Å². The lowest BCUT2D eigenvalue weighted by Crippen LogP contribution is -2.11. The van der Waals surface area contributed by atoms with E-state index in [2.05, 4.69) is 39.6 Å². The molecule has 0 aliphatic heterocycles. The van der Waals surface area contributed by atoms with Crippen molar-refractivity contribution in [1.82, 2.24) is 9.97 Å². The fraction of sp³-hybridized carbons (Fsp3) is 0.250. The molecule has 0 unspecified atom stereocenters. The smallest absolute Gasteiger partial charge is 0.226 e. The highest BCUT2D eigenvalue weighted by Crippen LogP contribution is 2.35. The van der Waals surface area contributed by atoms with Gasteiger partial charge in [0.1, 0.15) is 0 Å². The van der Waals surface area contributed by atoms with Crippen molar-refractivity contribution in [3.05, 3.63) is 53.0 Å². The molecular weight excluding hydrogens is 394 g/mol. The molecule has 4 nitrogen and oxygen atoms in total. The number of aryl methyl sites for hydroxylation is 1. The third-order valence-corrected chi connectivity index (χ3v) is 7.32. The molecule has 1 amide bonds. The van der Waals surface area contributed by atoms with Crippen LogP contribution in [0.25, 0.3) is 20.4 Å². The van der Waals surface area contributed by atoms with Gasteiger partial charge in [0.25, 0.3) is 0 Å². The maximum absolute atomic E-state index is 12.2. The topological polar surface area (TPSA) is 54.9 Å². The summed E-state index contributed by atoms with van der Waals surface area (Å²) in [4.78, 5) is 21.3. The van der Waals surface area contributed by atoms with Crippen molar-refractivity contribution in [2.75, 3.05) is 11.1 Å². The summed E-state index contributed by atoms with van der Waals surface area (Å²) in [5, 5.41) is 4.67. The van der Waals surface area contributed by atoms with E-state index in [-0.39, 0.29) is 5.91 Å². The van der Waals surface area contributed by atoms with Crippen LogP contribution in [0, 0.1) is 6.92 Å². The van der Waals surface area contributed by atoms with Gasteiger partial charge in [-0.3, -0.25) is 4.79 Å². The molecule has 0 saturated carbocycles. The number of hydrogen-bond acceptors (Lipinski definition) is 6. The van der Waals surface area contributed by atoms with Crippen LogP contribution in [-0.4, -0.2) is 21.6 Å². The molecule has 2 heterocycles. The van der Waals surface area contributed by atoms with Gasteiger partial charge in [-0.25, -0.2) is 9.97 Å². The second-order valence-corrected chi connectivity index (χ2v) is 9.51. The number of thiazole rings is 2. The SMILES string of the molecule is Cc1nc2ccc3nc(NC(=O)CCCSCc4ccccc4)sc3c2s1. The van der Waals surface area contributed by atoms with E-state index in [9.17, 15) is 4.79 Å². The molecule has 0 atom stereocenters. The summed E-state index contributed by atoms with van der Waals surface area (Å²) in [7, 11) is 0. The van der Waals surface area contributed by atoms with E-state index < -0.39 is 0 Å². The molecule has 4 aromatic rings. The average molecular weight is 414 g/mol. The minimum Gasteiger partial charge on any atom is -0.302 e. The Labute approximate surface area is 170 Å². The Kier molecular flexibility index (Phi) is 5.71. The number of aromatic nitrogens is 2. The van der Waals surface area contributed by atoms with Crippen molar-refractivity contribution >= 4 is 65.9 Å². The first-order valence-corrected chi connectivity index (χ1v) is 11.6. The zero-order chi connectivity index (χ0) is 18.6. The van der Waals surface area contributed by atoms with Gasteiger partial charge in [-0.1, -0.05) is 41.7 Å². The van der Waals surface area contributed by atoms with Crippen LogP contribution in [0.3, 0.4) is 0 Å². The van der Waals surface area contributed by atoms with E-state index in [1.165, 1.54) is 16.9 Å². The number of thioether (sulfide) groups is 1. The summed E-state index contributed by atoms with van der Waals surface area (Å²) >= 11 is 5.07. The standard InChI is InChI=1S/C20H19N3OS3/c1-13-21-15-9-10-16-19(18(15)26-13)27-20(22-16)23-17(24)8-5-11-25-12-14-6-3-2-4-7-14/h2-4,6-7,9-10H,5,8,11-12H2,1H3,(H,22,23,24). The Morgan fingerprint density at radius 2 is 1.78 bits per heavy atom. The number of carbonyl (C=O) groups excluding carboxylic acids is 1. The van der Waals surface area contributed by atoms with Crippen molar-refractivity contribution in [2.45, 2.75) is 25.5 Å². The number of nitrogens with one attached hydrogen (secondary N) is 1. The molecule has 7 heteroatoms. The van der Waals surface area contributed by atoms with Crippen molar-refractivity contribution < 1.29 is 4.79 Å². The van der Waals surface area contributed by atoms with E-state index in [1.54, 1.807) is 11.3 Å². The molecule has 1 N–H and O–H groups in total. The number of carbonyl (C=O) groups is 1. The maximum atomic E-state index is 12.2. The van der Waals surface area contributed by atoms with Crippen molar-refractivity contribution in [2.24, 2.45) is 0 Å². The van der Waals surface area contributed by atoms with Crippen LogP contribution < -0.4 is 5.32 Å². The number of hydrogen-bond donors (Lipinski definition) is 1. The fourth-order valence-electron chi connectivity index (χ4n) is 2.82. The van der Waals surface area contributed by atoms with Gasteiger partial charge < -0.3 is 5.32 Å². The van der Waals surface area contributed by atoms with E-state index in [1.807, 2.05) is 36.9 Å². The number of anilines is 1. The third-order valence-electron chi connectivity index (χ3n) is 4.07. The highest BCUT2D eigenvalue weighted by atomic mass is 32.2. The number of fused-ring (bicyclic) bond motifs is 3. The molecule has 0 radical (unpaired) electrons. The molecule has 138 valence electrons. The Morgan fingerprint density at radius 1 is 1.04 bits per heavy atom. The number of benzene rings is 2. The fourth-order valence-corrected chi connectivity index (χ4v) is 5.76. The Bertz CT molecular complexity index is 1070. The highest BCUT2D eigenvalue weighted by molar-refractivity contribution is 7.98. The number of rotatable bonds is 7. The first-order chi connectivity index (χ1) is 13.2. The molecule has 27 heavy (non-hydrogen) atoms. The Hall–Kier alpha value is -1.96. The molecule has 2 aromatic heterocycles. The Morgan fingerprint density at radius 3 is 2.59 bits per heavy atom. The van der Waals surface area contributed by atoms with Crippen LogP contribution in [0.4, 0.5) is 5.13 Å². The summed E-state index contributed by atoms with van der Waals surface area (Å²) in [6.45, 7) is 2.01. The molecule has 4 rings (SSSR count). The van der Waals surface area contributed by atoms with Crippen molar-refractivity contribution in [1.29, 1.82) is 0 Å². The van der Waals surface area contributed by atoms with Gasteiger partial charge in [0.05, 0.1) is 25.4 Å². The average Bonchev–Trinajstić information content (AvgIpc) is 3.24. The monoisotopic (exact) mass is 413 g/mol. The molecule has 0 spiro atoms. The largest absolute Gasteiger partial charge is 0.302 e. The summed E-state index contributed by atoms with van der Waals surface area (Å²) in [6.07, 6.45) is 1.39. The van der Waals surface area contributed by atoms with Crippen molar-refractivity contribution in [3.63, 3.8) is 0 Å². The molecule has 0 bridgehead atoms. The van der Waals surface area contributed by atoms with Crippen LogP contribution in [0.1, 0.15) is 23.4 Å². The van der Waals surface area contributed by atoms with Gasteiger partial charge in [-0.05, 0) is 36.8 Å². The lowest BCUT2D eigenvalue weighted by molar-refractivity contribution is -0.116. The lowest BCUT2D eigenvalue weighted by Gasteiger charge is -2.03. The highest BCUT2D eigenvalue weighted by Gasteiger charge is 2.12. The van der Waals surface area contributed by atoms with Gasteiger partial charge in [-0.15, -0.1) is 11.3 Å². The minimum atomic E-state index is 0.0334. The molecule has 2 aromatic carbocycles. The predicted octanol–water partition coefficient (Wildman–Crippen LogP) is 5.87. The molecular formula is C20H19N3OS3. The second kappa shape index (κ2) is 8.37. The Balaban J connectivity index is 1.29. The summed E-state index contributed by atoms with van der Waals surface area (Å²) in [5.74, 6) is 2.00. The number of nitrogens with zero attached hydrogens (tertiary/aromatic N) is 2. The van der Waals surface area contributed by atoms with Crippen LogP contribution in [0.2, 0.25) is 0 Å². The second-order valence-electron chi connectivity index (χ2n) is 6.20. The molecule has 0 aliphatic carbocycles. The first kappa shape index (κ1) is 18.4. The molecule has 0 aliphatic rings. The van der Waals surface area contributed by atoms with E-state index >= 15 is 0 Å². The van der Waals surface area contributed by atoms with Crippen LogP contribution in [0.15, 0.2) is 42.5 Å². The summed E-state index contributed by atoms with van der Waals surface area (Å²) < 4.78 is 2.26. The van der Waals surface area contributed by atoms with Crippen LogP contribution in [0.5, 0.6) is 0 Å². The van der Waals surface area contributed by atoms with Gasteiger partial charge in [0, 0.05) is 12.2 Å². The first-order valence-electron chi connectivity index (χ1n) is 8.77. The zero-order valence-electron chi connectivity index (χ0n) is 14.9. The van der Waals surface area contributed by atoms with E-state index in [0.717, 1.165) is 43.4 Å². The van der Waals surface area contributed by atoms with Crippen LogP contribution >= 0.6 is 34.4 Å². The summed E-state index contributed by atoms with van der Waals surface area (Å²) in [5.41, 5.74) is 3.25. The molecule has 0 saturated heterocycles. The normalized spacial score (nSPS) is 11.3. The zero-order valence-corrected chi connectivity index (χ0v) is 17.3. The van der Waals surface area contributed by atoms with Crippen molar-refractivity contribution in [3.8, 4) is 0 Å². The third kappa shape index (κ3) is 4.48. The van der Waals surface area contributed by atoms with E-state index in [4.69, 9.17) is 0 Å². The van der Waals surface area contributed by atoms with Gasteiger partial charge >= 0.3 is 0 Å². The van der Waals surface area contributed by atoms with Gasteiger partial charge in [0.15, 0.2) is 5.13 Å². The lowest BCUT2D eigenvalue weighted by atomic mass is 10.2. The predicted molar refractivity (Wildman–Crippen MR) is 118 cm³/mol. The van der Waals surface area contributed by atoms with Crippen LogP contribution in [-0.2, 0) is 10.5 Å².